The van der Waals surface area contributed by atoms with Gasteiger partial charge in [-0.05, 0) is 80.4 Å². The van der Waals surface area contributed by atoms with E-state index in [4.69, 9.17) is 5.26 Å². The average Bonchev–Trinajstić information content (AvgIpc) is 2.78. The highest BCUT2D eigenvalue weighted by atomic mass is 16.2. The van der Waals surface area contributed by atoms with Crippen LogP contribution in [0.5, 0.6) is 0 Å². The van der Waals surface area contributed by atoms with Crippen LogP contribution < -0.4 is 5.32 Å². The molecule has 1 aromatic carbocycles. The van der Waals surface area contributed by atoms with Crippen LogP contribution >= 0.6 is 0 Å². The first-order valence-corrected chi connectivity index (χ1v) is 12.0. The van der Waals surface area contributed by atoms with Crippen LogP contribution in [0.4, 0.5) is 5.82 Å². The summed E-state index contributed by atoms with van der Waals surface area (Å²) in [6, 6.07) is 10.00. The fourth-order valence-electron chi connectivity index (χ4n) is 7.28. The van der Waals surface area contributed by atoms with Crippen molar-refractivity contribution < 1.29 is 4.79 Å². The third-order valence-electron chi connectivity index (χ3n) is 8.30. The van der Waals surface area contributed by atoms with E-state index in [9.17, 15) is 4.79 Å². The van der Waals surface area contributed by atoms with Crippen molar-refractivity contribution in [3.63, 3.8) is 0 Å². The average molecular weight is 428 g/mol. The summed E-state index contributed by atoms with van der Waals surface area (Å²) >= 11 is 0. The molecule has 0 radical (unpaired) electrons. The van der Waals surface area contributed by atoms with Crippen molar-refractivity contribution in [2.75, 3.05) is 11.9 Å². The normalized spacial score (nSPS) is 30.5. The van der Waals surface area contributed by atoms with E-state index < -0.39 is 0 Å². The Balaban J connectivity index is 1.17. The minimum absolute atomic E-state index is 0.168. The third kappa shape index (κ3) is 3.49. The largest absolute Gasteiger partial charge is 0.310 e. The lowest BCUT2D eigenvalue weighted by atomic mass is 9.49. The van der Waals surface area contributed by atoms with Gasteiger partial charge in [0.05, 0.1) is 22.7 Å². The first-order chi connectivity index (χ1) is 15.6. The van der Waals surface area contributed by atoms with Crippen molar-refractivity contribution in [1.29, 1.82) is 5.26 Å². The topological polar surface area (TPSA) is 81.9 Å². The smallest absolute Gasteiger partial charge is 0.231 e. The standard InChI is InChI=1S/C26H29N5O/c27-13-17-2-1-3-18(6-17)14-31-5-4-22-23(15-31)28-16-29-24(22)30-25(32)26-10-19-7-20(11-26)9-21(8-19)12-26/h1-3,6,16,19-21H,4-5,7-12,14-15H2,(H,28,29,30,32). The summed E-state index contributed by atoms with van der Waals surface area (Å²) < 4.78 is 0. The molecule has 4 fully saturated rings. The number of nitrogens with one attached hydrogen (secondary N) is 1. The van der Waals surface area contributed by atoms with E-state index >= 15 is 0 Å². The number of amides is 1. The zero-order valence-corrected chi connectivity index (χ0v) is 18.4. The molecule has 0 atom stereocenters. The van der Waals surface area contributed by atoms with Gasteiger partial charge in [-0.1, -0.05) is 12.1 Å². The second kappa shape index (κ2) is 7.67. The lowest BCUT2D eigenvalue weighted by Gasteiger charge is -2.55. The fraction of sp³-hybridized carbons (Fsp3) is 0.538. The second-order valence-corrected chi connectivity index (χ2v) is 10.6. The van der Waals surface area contributed by atoms with Gasteiger partial charge in [0, 0.05) is 25.2 Å². The SMILES string of the molecule is N#Cc1cccc(CN2CCc3c(ncnc3NC(=O)C34CC5CC(CC(C5)C3)C4)C2)c1. The molecule has 7 rings (SSSR count). The van der Waals surface area contributed by atoms with Crippen molar-refractivity contribution in [3.8, 4) is 6.07 Å². The Bertz CT molecular complexity index is 1070. The van der Waals surface area contributed by atoms with Crippen LogP contribution in [0.3, 0.4) is 0 Å². The number of fused-ring (bicyclic) bond motifs is 1. The quantitative estimate of drug-likeness (QED) is 0.796. The molecule has 0 spiro atoms. The molecule has 0 saturated heterocycles. The van der Waals surface area contributed by atoms with Gasteiger partial charge in [0.1, 0.15) is 12.1 Å². The van der Waals surface area contributed by atoms with E-state index in [1.165, 1.54) is 19.3 Å². The number of hydrogen-bond donors (Lipinski definition) is 1. The fourth-order valence-corrected chi connectivity index (χ4v) is 7.28. The molecule has 5 aliphatic rings. The monoisotopic (exact) mass is 427 g/mol. The van der Waals surface area contributed by atoms with Gasteiger partial charge >= 0.3 is 0 Å². The maximum atomic E-state index is 13.5. The Kier molecular flexibility index (Phi) is 4.76. The first kappa shape index (κ1) is 19.9. The molecule has 1 amide bonds. The Hall–Kier alpha value is -2.78. The minimum atomic E-state index is -0.168. The Labute approximate surface area is 189 Å². The number of nitrogens with zero attached hydrogens (tertiary/aromatic N) is 4. The second-order valence-electron chi connectivity index (χ2n) is 10.6. The summed E-state index contributed by atoms with van der Waals surface area (Å²) in [5, 5.41) is 12.4. The summed E-state index contributed by atoms with van der Waals surface area (Å²) in [6.07, 6.45) is 9.61. The molecule has 2 aromatic rings. The highest BCUT2D eigenvalue weighted by molar-refractivity contribution is 5.95. The molecule has 1 aliphatic heterocycles. The van der Waals surface area contributed by atoms with Gasteiger partial charge in [-0.2, -0.15) is 5.26 Å². The number of benzene rings is 1. The van der Waals surface area contributed by atoms with Crippen LogP contribution in [0.2, 0.25) is 0 Å². The molecule has 4 saturated carbocycles. The zero-order chi connectivity index (χ0) is 21.7. The molecule has 4 bridgehead atoms. The molecular formula is C26H29N5O. The maximum absolute atomic E-state index is 13.5. The molecule has 164 valence electrons. The van der Waals surface area contributed by atoms with Crippen molar-refractivity contribution >= 4 is 11.7 Å². The number of carbonyl (C=O) groups excluding carboxylic acids is 1. The molecule has 1 N–H and O–H groups in total. The summed E-state index contributed by atoms with van der Waals surface area (Å²) in [5.74, 6) is 3.17. The van der Waals surface area contributed by atoms with Gasteiger partial charge in [-0.3, -0.25) is 9.69 Å². The van der Waals surface area contributed by atoms with Gasteiger partial charge in [0.2, 0.25) is 5.91 Å². The van der Waals surface area contributed by atoms with Crippen LogP contribution in [0.25, 0.3) is 0 Å². The van der Waals surface area contributed by atoms with Crippen LogP contribution in [-0.2, 0) is 24.3 Å². The summed E-state index contributed by atoms with van der Waals surface area (Å²) in [4.78, 5) is 24.9. The highest BCUT2D eigenvalue weighted by Crippen LogP contribution is 2.60. The van der Waals surface area contributed by atoms with Crippen LogP contribution in [0, 0.1) is 34.5 Å². The van der Waals surface area contributed by atoms with E-state index in [1.807, 2.05) is 18.2 Å². The Morgan fingerprint density at radius 1 is 1.16 bits per heavy atom. The van der Waals surface area contributed by atoms with Crippen LogP contribution in [-0.4, -0.2) is 27.3 Å². The van der Waals surface area contributed by atoms with E-state index in [0.29, 0.717) is 5.56 Å². The van der Waals surface area contributed by atoms with Crippen molar-refractivity contribution in [1.82, 2.24) is 14.9 Å². The van der Waals surface area contributed by atoms with Gasteiger partial charge in [0.25, 0.3) is 0 Å². The number of hydrogen-bond acceptors (Lipinski definition) is 5. The van der Waals surface area contributed by atoms with E-state index in [0.717, 1.165) is 85.7 Å². The lowest BCUT2D eigenvalue weighted by Crippen LogP contribution is -2.52. The van der Waals surface area contributed by atoms with E-state index in [-0.39, 0.29) is 11.3 Å². The van der Waals surface area contributed by atoms with E-state index in [1.54, 1.807) is 6.33 Å². The molecule has 0 unspecified atom stereocenters. The van der Waals surface area contributed by atoms with Crippen LogP contribution in [0.1, 0.15) is 60.9 Å². The number of nitriles is 1. The minimum Gasteiger partial charge on any atom is -0.310 e. The third-order valence-corrected chi connectivity index (χ3v) is 8.30. The summed E-state index contributed by atoms with van der Waals surface area (Å²) in [7, 11) is 0. The predicted octanol–water partition coefficient (Wildman–Crippen LogP) is 4.06. The predicted molar refractivity (Wildman–Crippen MR) is 120 cm³/mol. The highest BCUT2D eigenvalue weighted by Gasteiger charge is 2.54. The molecule has 4 aliphatic carbocycles. The molecule has 6 heteroatoms. The van der Waals surface area contributed by atoms with Gasteiger partial charge in [-0.15, -0.1) is 0 Å². The first-order valence-electron chi connectivity index (χ1n) is 12.0. The number of aromatic nitrogens is 2. The lowest BCUT2D eigenvalue weighted by molar-refractivity contribution is -0.140. The Morgan fingerprint density at radius 3 is 2.62 bits per heavy atom. The van der Waals surface area contributed by atoms with Crippen molar-refractivity contribution in [2.45, 2.75) is 58.0 Å². The summed E-state index contributed by atoms with van der Waals surface area (Å²) in [5.41, 5.74) is 3.75. The zero-order valence-electron chi connectivity index (χ0n) is 18.4. The van der Waals surface area contributed by atoms with Gasteiger partial charge in [-0.25, -0.2) is 9.97 Å². The number of anilines is 1. The molecular weight excluding hydrogens is 398 g/mol. The molecule has 6 nitrogen and oxygen atoms in total. The summed E-state index contributed by atoms with van der Waals surface area (Å²) in [6.45, 7) is 2.40. The molecule has 1 aromatic heterocycles. The number of carbonyl (C=O) groups is 1. The molecule has 32 heavy (non-hydrogen) atoms. The van der Waals surface area contributed by atoms with Crippen LogP contribution in [0.15, 0.2) is 30.6 Å². The van der Waals surface area contributed by atoms with E-state index in [2.05, 4.69) is 32.3 Å². The van der Waals surface area contributed by atoms with Crippen molar-refractivity contribution in [2.24, 2.45) is 23.2 Å². The van der Waals surface area contributed by atoms with Gasteiger partial charge in [0.15, 0.2) is 0 Å². The number of rotatable bonds is 4. The molecule has 2 heterocycles. The van der Waals surface area contributed by atoms with Crippen molar-refractivity contribution in [3.05, 3.63) is 53.0 Å². The Morgan fingerprint density at radius 2 is 1.91 bits per heavy atom. The van der Waals surface area contributed by atoms with Gasteiger partial charge < -0.3 is 5.32 Å². The maximum Gasteiger partial charge on any atom is 0.231 e.